The fourth-order valence-corrected chi connectivity index (χ4v) is 4.23. The summed E-state index contributed by atoms with van der Waals surface area (Å²) in [4.78, 5) is 54.8. The number of esters is 1. The molecule has 190 valence electrons. The van der Waals surface area contributed by atoms with Crippen LogP contribution in [0.1, 0.15) is 47.0 Å². The maximum Gasteiger partial charge on any atom is 0.334 e. The number of likely N-dealkylation sites (N-methyl/N-ethyl adjacent to an activating group) is 1. The summed E-state index contributed by atoms with van der Waals surface area (Å²) >= 11 is 1.06. The molecule has 0 aromatic heterocycles. The SMILES string of the molecule is CCCCOC(=O)CON(C(=O)C(C)CC(C)C)[C@@H](CSc1ccccc1[N+](=O)[O-])C(=O)NC. The van der Waals surface area contributed by atoms with E-state index in [1.807, 2.05) is 20.8 Å². The number of hydroxylamine groups is 2. The molecule has 1 aromatic carbocycles. The third-order valence-electron chi connectivity index (χ3n) is 4.84. The van der Waals surface area contributed by atoms with E-state index in [1.54, 1.807) is 25.1 Å². The summed E-state index contributed by atoms with van der Waals surface area (Å²) in [6, 6.07) is 5.02. The van der Waals surface area contributed by atoms with Crippen LogP contribution in [0.15, 0.2) is 29.2 Å². The van der Waals surface area contributed by atoms with Crippen LogP contribution in [-0.2, 0) is 24.0 Å². The zero-order chi connectivity index (χ0) is 25.7. The van der Waals surface area contributed by atoms with Gasteiger partial charge in [0.25, 0.3) is 5.69 Å². The number of benzene rings is 1. The Bertz CT molecular complexity index is 835. The van der Waals surface area contributed by atoms with E-state index in [1.165, 1.54) is 13.1 Å². The predicted octanol–water partition coefficient (Wildman–Crippen LogP) is 3.59. The Balaban J connectivity index is 3.13. The number of unbranched alkanes of at least 4 members (excludes halogenated alkanes) is 1. The van der Waals surface area contributed by atoms with Crippen molar-refractivity contribution in [2.45, 2.75) is 57.9 Å². The van der Waals surface area contributed by atoms with Crippen LogP contribution in [0.3, 0.4) is 0 Å². The molecule has 1 aromatic rings. The largest absolute Gasteiger partial charge is 0.464 e. The summed E-state index contributed by atoms with van der Waals surface area (Å²) in [6.45, 7) is 7.34. The van der Waals surface area contributed by atoms with Gasteiger partial charge in [-0.15, -0.1) is 11.8 Å². The minimum Gasteiger partial charge on any atom is -0.464 e. The van der Waals surface area contributed by atoms with Gasteiger partial charge in [-0.3, -0.25) is 24.5 Å². The van der Waals surface area contributed by atoms with E-state index in [2.05, 4.69) is 5.32 Å². The van der Waals surface area contributed by atoms with Crippen LogP contribution in [0, 0.1) is 22.0 Å². The molecule has 0 radical (unpaired) electrons. The summed E-state index contributed by atoms with van der Waals surface area (Å²) in [5, 5.41) is 14.8. The topological polar surface area (TPSA) is 128 Å². The third-order valence-corrected chi connectivity index (χ3v) is 5.98. The number of nitrogens with one attached hydrogen (secondary N) is 1. The van der Waals surface area contributed by atoms with Gasteiger partial charge in [-0.1, -0.05) is 46.2 Å². The van der Waals surface area contributed by atoms with Crippen molar-refractivity contribution in [2.24, 2.45) is 11.8 Å². The first-order valence-corrected chi connectivity index (χ1v) is 12.3. The van der Waals surface area contributed by atoms with Crippen molar-refractivity contribution in [1.29, 1.82) is 0 Å². The van der Waals surface area contributed by atoms with Crippen molar-refractivity contribution in [1.82, 2.24) is 10.4 Å². The minimum absolute atomic E-state index is 0.0183. The number of carbonyl (C=O) groups excluding carboxylic acids is 3. The van der Waals surface area contributed by atoms with E-state index in [0.29, 0.717) is 17.7 Å². The van der Waals surface area contributed by atoms with Crippen molar-refractivity contribution >= 4 is 35.2 Å². The molecule has 0 saturated carbocycles. The highest BCUT2D eigenvalue weighted by atomic mass is 32.2. The number of amides is 2. The monoisotopic (exact) mass is 497 g/mol. The van der Waals surface area contributed by atoms with Gasteiger partial charge in [-0.25, -0.2) is 9.86 Å². The van der Waals surface area contributed by atoms with E-state index >= 15 is 0 Å². The number of thioether (sulfide) groups is 1. The third kappa shape index (κ3) is 9.68. The average molecular weight is 498 g/mol. The van der Waals surface area contributed by atoms with Crippen molar-refractivity contribution in [2.75, 3.05) is 26.0 Å². The highest BCUT2D eigenvalue weighted by molar-refractivity contribution is 7.99. The quantitative estimate of drug-likeness (QED) is 0.128. The Morgan fingerprint density at radius 2 is 1.88 bits per heavy atom. The molecule has 1 unspecified atom stereocenters. The Hall–Kier alpha value is -2.66. The first kappa shape index (κ1) is 29.4. The number of ether oxygens (including phenoxy) is 1. The molecular formula is C23H35N3O7S. The fraction of sp³-hybridized carbons (Fsp3) is 0.609. The summed E-state index contributed by atoms with van der Waals surface area (Å²) in [7, 11) is 1.42. The lowest BCUT2D eigenvalue weighted by Crippen LogP contribution is -2.52. The van der Waals surface area contributed by atoms with Crippen LogP contribution >= 0.6 is 11.8 Å². The molecule has 1 N–H and O–H groups in total. The zero-order valence-corrected chi connectivity index (χ0v) is 21.3. The molecule has 10 nitrogen and oxygen atoms in total. The van der Waals surface area contributed by atoms with E-state index < -0.39 is 41.3 Å². The van der Waals surface area contributed by atoms with Gasteiger partial charge in [0.05, 0.1) is 16.4 Å². The summed E-state index contributed by atoms with van der Waals surface area (Å²) in [5.41, 5.74) is -0.102. The van der Waals surface area contributed by atoms with Gasteiger partial charge in [0.15, 0.2) is 6.61 Å². The van der Waals surface area contributed by atoms with Gasteiger partial charge in [0, 0.05) is 24.8 Å². The highest BCUT2D eigenvalue weighted by Crippen LogP contribution is 2.30. The number of para-hydroxylation sites is 1. The molecule has 0 aliphatic rings. The van der Waals surface area contributed by atoms with E-state index in [0.717, 1.165) is 23.2 Å². The van der Waals surface area contributed by atoms with Crippen LogP contribution < -0.4 is 5.32 Å². The minimum atomic E-state index is -1.12. The summed E-state index contributed by atoms with van der Waals surface area (Å²) < 4.78 is 5.09. The molecule has 0 aliphatic carbocycles. The zero-order valence-electron chi connectivity index (χ0n) is 20.4. The number of rotatable bonds is 15. The van der Waals surface area contributed by atoms with Crippen LogP contribution in [0.25, 0.3) is 0 Å². The molecule has 0 spiro atoms. The van der Waals surface area contributed by atoms with E-state index in [-0.39, 0.29) is 24.0 Å². The number of hydrogen-bond donors (Lipinski definition) is 1. The number of carbonyl (C=O) groups is 3. The molecule has 34 heavy (non-hydrogen) atoms. The normalized spacial score (nSPS) is 12.6. The van der Waals surface area contributed by atoms with Crippen molar-refractivity contribution in [3.8, 4) is 0 Å². The predicted molar refractivity (Wildman–Crippen MR) is 129 cm³/mol. The molecule has 0 bridgehead atoms. The van der Waals surface area contributed by atoms with Crippen molar-refractivity contribution in [3.63, 3.8) is 0 Å². The highest BCUT2D eigenvalue weighted by Gasteiger charge is 2.34. The second-order valence-corrected chi connectivity index (χ2v) is 9.27. The smallest absolute Gasteiger partial charge is 0.334 e. The second kappa shape index (κ2) is 15.3. The lowest BCUT2D eigenvalue weighted by Gasteiger charge is -2.31. The number of nitrogens with zero attached hydrogens (tertiary/aromatic N) is 2. The number of nitro benzene ring substituents is 1. The molecule has 11 heteroatoms. The summed E-state index contributed by atoms with van der Waals surface area (Å²) in [6.07, 6.45) is 2.11. The first-order valence-electron chi connectivity index (χ1n) is 11.3. The fourth-order valence-electron chi connectivity index (χ4n) is 3.14. The van der Waals surface area contributed by atoms with Gasteiger partial charge >= 0.3 is 5.97 Å². The van der Waals surface area contributed by atoms with Gasteiger partial charge in [-0.2, -0.15) is 0 Å². The van der Waals surface area contributed by atoms with Gasteiger partial charge in [0.2, 0.25) is 11.8 Å². The number of nitro groups is 1. The van der Waals surface area contributed by atoms with Crippen LogP contribution in [0.5, 0.6) is 0 Å². The lowest BCUT2D eigenvalue weighted by atomic mass is 9.98. The van der Waals surface area contributed by atoms with Crippen LogP contribution in [-0.4, -0.2) is 59.8 Å². The second-order valence-electron chi connectivity index (χ2n) is 8.21. The standard InChI is InChI=1S/C23H35N3O7S/c1-6-7-12-32-21(27)14-33-25(23(29)17(4)13-16(2)3)19(22(28)24-5)15-34-20-11-9-8-10-18(20)26(30)31/h8-11,16-17,19H,6-7,12-15H2,1-5H3,(H,24,28)/t17?,19-/m0/s1. The average Bonchev–Trinajstić information content (AvgIpc) is 2.80. The van der Waals surface area contributed by atoms with E-state index in [9.17, 15) is 24.5 Å². The van der Waals surface area contributed by atoms with Crippen LogP contribution in [0.2, 0.25) is 0 Å². The maximum absolute atomic E-state index is 13.3. The molecule has 0 heterocycles. The first-order chi connectivity index (χ1) is 16.1. The Kier molecular flexibility index (Phi) is 13.2. The molecule has 2 atom stereocenters. The lowest BCUT2D eigenvalue weighted by molar-refractivity contribution is -0.387. The summed E-state index contributed by atoms with van der Waals surface area (Å²) in [5.74, 6) is -1.89. The van der Waals surface area contributed by atoms with Crippen molar-refractivity contribution in [3.05, 3.63) is 34.4 Å². The molecular weight excluding hydrogens is 462 g/mol. The molecule has 0 fully saturated rings. The van der Waals surface area contributed by atoms with Crippen LogP contribution in [0.4, 0.5) is 5.69 Å². The van der Waals surface area contributed by atoms with E-state index in [4.69, 9.17) is 9.57 Å². The Morgan fingerprint density at radius 1 is 1.21 bits per heavy atom. The molecule has 2 amide bonds. The van der Waals surface area contributed by atoms with Gasteiger partial charge in [-0.05, 0) is 24.8 Å². The Labute approximate surface area is 204 Å². The van der Waals surface area contributed by atoms with Gasteiger partial charge < -0.3 is 10.1 Å². The Morgan fingerprint density at radius 3 is 2.47 bits per heavy atom. The van der Waals surface area contributed by atoms with Gasteiger partial charge in [0.1, 0.15) is 6.04 Å². The number of hydrogen-bond acceptors (Lipinski definition) is 8. The molecule has 0 aliphatic heterocycles. The van der Waals surface area contributed by atoms with Crippen molar-refractivity contribution < 1.29 is 28.9 Å². The molecule has 0 saturated heterocycles. The maximum atomic E-state index is 13.3. The molecule has 1 rings (SSSR count).